The number of pyridine rings is 1. The van der Waals surface area contributed by atoms with E-state index in [0.29, 0.717) is 23.6 Å². The predicted octanol–water partition coefficient (Wildman–Crippen LogP) is 5.60. The molecule has 2 aromatic heterocycles. The van der Waals surface area contributed by atoms with Crippen LogP contribution in [0.2, 0.25) is 0 Å². The Balaban J connectivity index is 1.88. The number of ether oxygens (including phenoxy) is 2. The third kappa shape index (κ3) is 4.19. The number of carbonyl (C=O) groups is 1. The lowest BCUT2D eigenvalue weighted by atomic mass is 10.0. The fourth-order valence-electron chi connectivity index (χ4n) is 4.18. The molecule has 1 aliphatic rings. The van der Waals surface area contributed by atoms with Crippen molar-refractivity contribution < 1.29 is 27.4 Å². The van der Waals surface area contributed by atoms with Crippen LogP contribution in [-0.2, 0) is 6.18 Å². The van der Waals surface area contributed by atoms with E-state index in [4.69, 9.17) is 15.2 Å². The minimum Gasteiger partial charge on any atom is -0.493 e. The minimum absolute atomic E-state index is 0.00762. The zero-order chi connectivity index (χ0) is 23.9. The van der Waals surface area contributed by atoms with Gasteiger partial charge in [0.2, 0.25) is 0 Å². The fraction of sp³-hybridized carbons (Fsp3) is 0.391. The molecule has 3 heterocycles. The Morgan fingerprint density at radius 3 is 2.55 bits per heavy atom. The number of nitrogen functional groups attached to an aromatic ring is 1. The van der Waals surface area contributed by atoms with Crippen molar-refractivity contribution in [2.75, 3.05) is 26.5 Å². The molecule has 0 spiro atoms. The molecule has 1 amide bonds. The monoisotopic (exact) mass is 479 g/mol. The quantitative estimate of drug-likeness (QED) is 0.527. The minimum atomic E-state index is -4.68. The van der Waals surface area contributed by atoms with Gasteiger partial charge >= 0.3 is 6.18 Å². The lowest BCUT2D eigenvalue weighted by Gasteiger charge is -2.33. The standard InChI is InChI=1S/C23H24F3N3O3S/c1-12-6-4-5-9-29(12)22(30)20-19(27)18-14(23(24,25)26)11-15(28-21(18)33-20)13-7-8-16(31-2)17(10-13)32-3/h7-8,10-12H,4-6,9,27H2,1-3H3/t12-/m1/s1. The van der Waals surface area contributed by atoms with Crippen molar-refractivity contribution in [3.05, 3.63) is 34.7 Å². The third-order valence-corrected chi connectivity index (χ3v) is 7.03. The molecule has 0 aliphatic carbocycles. The summed E-state index contributed by atoms with van der Waals surface area (Å²) in [5.41, 5.74) is 5.58. The van der Waals surface area contributed by atoms with Gasteiger partial charge in [-0.25, -0.2) is 4.98 Å². The summed E-state index contributed by atoms with van der Waals surface area (Å²) in [4.78, 5) is 19.5. The summed E-state index contributed by atoms with van der Waals surface area (Å²) in [7, 11) is 2.92. The SMILES string of the molecule is COc1ccc(-c2cc(C(F)(F)F)c3c(N)c(C(=O)N4CCCC[C@H]4C)sc3n2)cc1OC. The molecular weight excluding hydrogens is 455 g/mol. The van der Waals surface area contributed by atoms with Crippen LogP contribution in [-0.4, -0.2) is 42.6 Å². The van der Waals surface area contributed by atoms with Gasteiger partial charge in [0.25, 0.3) is 5.91 Å². The first-order valence-electron chi connectivity index (χ1n) is 10.5. The van der Waals surface area contributed by atoms with Gasteiger partial charge in [-0.1, -0.05) is 0 Å². The zero-order valence-electron chi connectivity index (χ0n) is 18.5. The van der Waals surface area contributed by atoms with Crippen LogP contribution in [0.4, 0.5) is 18.9 Å². The van der Waals surface area contributed by atoms with Crippen molar-refractivity contribution in [1.29, 1.82) is 0 Å². The van der Waals surface area contributed by atoms with Crippen molar-refractivity contribution in [3.8, 4) is 22.8 Å². The van der Waals surface area contributed by atoms with Gasteiger partial charge in [-0.2, -0.15) is 13.2 Å². The zero-order valence-corrected chi connectivity index (χ0v) is 19.3. The lowest BCUT2D eigenvalue weighted by molar-refractivity contribution is -0.136. The molecule has 1 fully saturated rings. The Hall–Kier alpha value is -3.01. The normalized spacial score (nSPS) is 16.8. The predicted molar refractivity (Wildman–Crippen MR) is 122 cm³/mol. The van der Waals surface area contributed by atoms with Gasteiger partial charge in [0.15, 0.2) is 11.5 Å². The van der Waals surface area contributed by atoms with Crippen LogP contribution in [0.15, 0.2) is 24.3 Å². The highest BCUT2D eigenvalue weighted by Crippen LogP contribution is 2.44. The Labute approximate surface area is 193 Å². The number of thiophene rings is 1. The highest BCUT2D eigenvalue weighted by atomic mass is 32.1. The molecule has 1 atom stereocenters. The summed E-state index contributed by atoms with van der Waals surface area (Å²) in [6, 6.07) is 5.74. The molecule has 1 aromatic carbocycles. The first-order valence-corrected chi connectivity index (χ1v) is 11.3. The number of hydrogen-bond donors (Lipinski definition) is 1. The second-order valence-corrected chi connectivity index (χ2v) is 8.99. The summed E-state index contributed by atoms with van der Waals surface area (Å²) in [5, 5.41) is -0.232. The number of anilines is 1. The van der Waals surface area contributed by atoms with E-state index < -0.39 is 11.7 Å². The van der Waals surface area contributed by atoms with Gasteiger partial charge in [-0.05, 0) is 50.5 Å². The van der Waals surface area contributed by atoms with Gasteiger partial charge in [0.1, 0.15) is 9.71 Å². The summed E-state index contributed by atoms with van der Waals surface area (Å²) in [5.74, 6) is 0.469. The van der Waals surface area contributed by atoms with Crippen LogP contribution in [0, 0.1) is 0 Å². The molecule has 2 N–H and O–H groups in total. The summed E-state index contributed by atoms with van der Waals surface area (Å²) in [6.07, 6.45) is -1.95. The Morgan fingerprint density at radius 2 is 1.91 bits per heavy atom. The van der Waals surface area contributed by atoms with Gasteiger partial charge in [0.05, 0.1) is 31.2 Å². The van der Waals surface area contributed by atoms with Crippen molar-refractivity contribution >= 4 is 33.1 Å². The van der Waals surface area contributed by atoms with Crippen molar-refractivity contribution in [2.45, 2.75) is 38.4 Å². The number of carbonyl (C=O) groups excluding carboxylic acids is 1. The molecule has 0 radical (unpaired) electrons. The van der Waals surface area contributed by atoms with Crippen molar-refractivity contribution in [2.24, 2.45) is 0 Å². The number of halogens is 3. The molecule has 6 nitrogen and oxygen atoms in total. The number of aromatic nitrogens is 1. The van der Waals surface area contributed by atoms with Crippen LogP contribution >= 0.6 is 11.3 Å². The molecule has 1 saturated heterocycles. The summed E-state index contributed by atoms with van der Waals surface area (Å²) in [6.45, 7) is 2.50. The van der Waals surface area contributed by atoms with E-state index in [2.05, 4.69) is 4.98 Å². The van der Waals surface area contributed by atoms with Crippen LogP contribution in [0.5, 0.6) is 11.5 Å². The molecule has 4 rings (SSSR count). The maximum Gasteiger partial charge on any atom is 0.417 e. The number of fused-ring (bicyclic) bond motifs is 1. The molecule has 0 bridgehead atoms. The fourth-order valence-corrected chi connectivity index (χ4v) is 5.25. The highest BCUT2D eigenvalue weighted by Gasteiger charge is 2.37. The summed E-state index contributed by atoms with van der Waals surface area (Å²) >= 11 is 0.901. The molecule has 3 aromatic rings. The number of benzene rings is 1. The van der Waals surface area contributed by atoms with Crippen molar-refractivity contribution in [3.63, 3.8) is 0 Å². The van der Waals surface area contributed by atoms with Crippen LogP contribution in [0.25, 0.3) is 21.5 Å². The third-order valence-electron chi connectivity index (χ3n) is 5.94. The van der Waals surface area contributed by atoms with E-state index >= 15 is 0 Å². The van der Waals surface area contributed by atoms with E-state index in [1.165, 1.54) is 14.2 Å². The number of nitrogens with two attached hydrogens (primary N) is 1. The largest absolute Gasteiger partial charge is 0.493 e. The maximum atomic E-state index is 14.1. The number of alkyl halides is 3. The molecule has 10 heteroatoms. The molecule has 176 valence electrons. The van der Waals surface area contributed by atoms with Gasteiger partial charge in [-0.3, -0.25) is 4.79 Å². The van der Waals surface area contributed by atoms with E-state index in [1.807, 2.05) is 6.92 Å². The first kappa shape index (κ1) is 23.2. The smallest absolute Gasteiger partial charge is 0.417 e. The van der Waals surface area contributed by atoms with Crippen LogP contribution < -0.4 is 15.2 Å². The number of hydrogen-bond acceptors (Lipinski definition) is 6. The van der Waals surface area contributed by atoms with Gasteiger partial charge in [0, 0.05) is 23.5 Å². The topological polar surface area (TPSA) is 77.7 Å². The molecule has 0 saturated carbocycles. The molecule has 33 heavy (non-hydrogen) atoms. The van der Waals surface area contributed by atoms with E-state index in [1.54, 1.807) is 23.1 Å². The van der Waals surface area contributed by atoms with Gasteiger partial charge < -0.3 is 20.1 Å². The molecule has 1 aliphatic heterocycles. The molecule has 0 unspecified atom stereocenters. The lowest BCUT2D eigenvalue weighted by Crippen LogP contribution is -2.41. The number of rotatable bonds is 4. The second-order valence-electron chi connectivity index (χ2n) is 7.99. The Kier molecular flexibility index (Phi) is 6.13. The van der Waals surface area contributed by atoms with Crippen LogP contribution in [0.3, 0.4) is 0 Å². The van der Waals surface area contributed by atoms with Crippen molar-refractivity contribution in [1.82, 2.24) is 9.88 Å². The first-order chi connectivity index (χ1) is 15.7. The van der Waals surface area contributed by atoms with E-state index in [-0.39, 0.29) is 38.4 Å². The van der Waals surface area contributed by atoms with E-state index in [9.17, 15) is 18.0 Å². The van der Waals surface area contributed by atoms with Gasteiger partial charge in [-0.15, -0.1) is 11.3 Å². The van der Waals surface area contributed by atoms with Crippen LogP contribution in [0.1, 0.15) is 41.4 Å². The number of likely N-dealkylation sites (tertiary alicyclic amines) is 1. The van der Waals surface area contributed by atoms with E-state index in [0.717, 1.165) is 36.7 Å². The Morgan fingerprint density at radius 1 is 1.18 bits per heavy atom. The number of nitrogens with zero attached hydrogens (tertiary/aromatic N) is 2. The average molecular weight is 480 g/mol. The second kappa shape index (κ2) is 8.74. The Bertz CT molecular complexity index is 1210. The number of piperidine rings is 1. The number of methoxy groups -OCH3 is 2. The maximum absolute atomic E-state index is 14.1. The average Bonchev–Trinajstić information content (AvgIpc) is 3.13. The summed E-state index contributed by atoms with van der Waals surface area (Å²) < 4.78 is 52.7. The highest BCUT2D eigenvalue weighted by molar-refractivity contribution is 7.21. The molecular formula is C23H24F3N3O3S. The number of amides is 1.